The monoisotopic (exact) mass is 324 g/mol. The molecular formula is C13H13BrN2O3. The molecule has 0 saturated carbocycles. The molecule has 2 aliphatic rings. The Hall–Kier alpha value is -1.56. The van der Waals surface area contributed by atoms with Crippen molar-refractivity contribution < 1.29 is 14.3 Å². The first-order valence-electron chi connectivity index (χ1n) is 6.10. The van der Waals surface area contributed by atoms with E-state index in [0.717, 1.165) is 17.6 Å². The molecule has 6 heteroatoms. The van der Waals surface area contributed by atoms with Gasteiger partial charge in [-0.3, -0.25) is 9.59 Å². The zero-order chi connectivity index (χ0) is 13.4. The number of carbonyl (C=O) groups excluding carboxylic acids is 2. The van der Waals surface area contributed by atoms with E-state index in [0.29, 0.717) is 23.8 Å². The summed E-state index contributed by atoms with van der Waals surface area (Å²) >= 11 is 3.42. The zero-order valence-electron chi connectivity index (χ0n) is 10.2. The maximum absolute atomic E-state index is 12.0. The van der Waals surface area contributed by atoms with Crippen LogP contribution in [0.15, 0.2) is 18.2 Å². The highest BCUT2D eigenvalue weighted by atomic mass is 79.9. The van der Waals surface area contributed by atoms with Crippen molar-refractivity contribution in [2.75, 3.05) is 28.7 Å². The molecular weight excluding hydrogens is 312 g/mol. The van der Waals surface area contributed by atoms with Gasteiger partial charge in [-0.05, 0) is 18.1 Å². The summed E-state index contributed by atoms with van der Waals surface area (Å²) in [6.45, 7) is 0.740. The van der Waals surface area contributed by atoms with Crippen LogP contribution in [-0.2, 0) is 9.59 Å². The van der Waals surface area contributed by atoms with Crippen LogP contribution in [0.25, 0.3) is 0 Å². The summed E-state index contributed by atoms with van der Waals surface area (Å²) in [5.41, 5.74) is 1.48. The molecule has 2 amide bonds. The van der Waals surface area contributed by atoms with Crippen LogP contribution in [0.1, 0.15) is 6.42 Å². The lowest BCUT2D eigenvalue weighted by atomic mass is 10.2. The minimum atomic E-state index is -0.156. The smallest absolute Gasteiger partial charge is 0.262 e. The van der Waals surface area contributed by atoms with E-state index in [2.05, 4.69) is 21.2 Å². The molecule has 1 atom stereocenters. The Labute approximate surface area is 119 Å². The van der Waals surface area contributed by atoms with E-state index in [1.54, 1.807) is 11.0 Å². The Morgan fingerprint density at radius 3 is 3.00 bits per heavy atom. The molecule has 0 aromatic heterocycles. The third-order valence-corrected chi connectivity index (χ3v) is 4.25. The Kier molecular flexibility index (Phi) is 3.18. The molecule has 1 aromatic rings. The number of hydrogen-bond donors (Lipinski definition) is 1. The van der Waals surface area contributed by atoms with Crippen molar-refractivity contribution >= 4 is 39.1 Å². The van der Waals surface area contributed by atoms with E-state index in [9.17, 15) is 9.59 Å². The Morgan fingerprint density at radius 2 is 2.26 bits per heavy atom. The van der Waals surface area contributed by atoms with Gasteiger partial charge < -0.3 is 15.0 Å². The maximum atomic E-state index is 12.0. The average Bonchev–Trinajstić information content (AvgIpc) is 2.79. The summed E-state index contributed by atoms with van der Waals surface area (Å²) in [6, 6.07) is 5.42. The number of nitrogens with one attached hydrogen (secondary N) is 1. The SMILES string of the molecule is O=C1COc2cc(N3CC(CBr)CC3=O)ccc2N1. The van der Waals surface area contributed by atoms with Gasteiger partial charge in [-0.1, -0.05) is 15.9 Å². The van der Waals surface area contributed by atoms with Crippen LogP contribution in [0.4, 0.5) is 11.4 Å². The molecule has 1 unspecified atom stereocenters. The minimum Gasteiger partial charge on any atom is -0.482 e. The van der Waals surface area contributed by atoms with Gasteiger partial charge in [-0.2, -0.15) is 0 Å². The molecule has 100 valence electrons. The largest absolute Gasteiger partial charge is 0.482 e. The van der Waals surface area contributed by atoms with Crippen molar-refractivity contribution in [2.45, 2.75) is 6.42 Å². The maximum Gasteiger partial charge on any atom is 0.262 e. The summed E-state index contributed by atoms with van der Waals surface area (Å²) in [4.78, 5) is 24.9. The zero-order valence-corrected chi connectivity index (χ0v) is 11.8. The van der Waals surface area contributed by atoms with Crippen molar-refractivity contribution in [3.05, 3.63) is 18.2 Å². The lowest BCUT2D eigenvalue weighted by Gasteiger charge is -2.22. The minimum absolute atomic E-state index is 0.0222. The fourth-order valence-corrected chi connectivity index (χ4v) is 2.80. The highest BCUT2D eigenvalue weighted by molar-refractivity contribution is 9.09. The molecule has 0 radical (unpaired) electrons. The summed E-state index contributed by atoms with van der Waals surface area (Å²) in [6.07, 6.45) is 0.569. The first-order chi connectivity index (χ1) is 9.17. The van der Waals surface area contributed by atoms with Gasteiger partial charge in [0.25, 0.3) is 5.91 Å². The number of halogens is 1. The van der Waals surface area contributed by atoms with E-state index in [1.807, 2.05) is 12.1 Å². The van der Waals surface area contributed by atoms with E-state index in [1.165, 1.54) is 0 Å². The normalized spacial score (nSPS) is 21.9. The van der Waals surface area contributed by atoms with Gasteiger partial charge in [-0.25, -0.2) is 0 Å². The van der Waals surface area contributed by atoms with Crippen molar-refractivity contribution in [2.24, 2.45) is 5.92 Å². The lowest BCUT2D eigenvalue weighted by molar-refractivity contribution is -0.119. The quantitative estimate of drug-likeness (QED) is 0.843. The molecule has 5 nitrogen and oxygen atoms in total. The van der Waals surface area contributed by atoms with E-state index in [4.69, 9.17) is 4.74 Å². The standard InChI is InChI=1S/C13H13BrN2O3/c14-5-8-3-13(18)16(6-8)9-1-2-10-11(4-9)19-7-12(17)15-10/h1-2,4,8H,3,5-7H2,(H,15,17). The summed E-state index contributed by atoms with van der Waals surface area (Å²) in [5, 5.41) is 3.56. The number of nitrogens with zero attached hydrogens (tertiary/aromatic N) is 1. The van der Waals surface area contributed by atoms with Crippen molar-refractivity contribution in [1.29, 1.82) is 0 Å². The van der Waals surface area contributed by atoms with E-state index < -0.39 is 0 Å². The van der Waals surface area contributed by atoms with Gasteiger partial charge in [0, 0.05) is 30.0 Å². The predicted octanol–water partition coefficient (Wildman–Crippen LogP) is 1.77. The number of alkyl halides is 1. The van der Waals surface area contributed by atoms with Crippen LogP contribution >= 0.6 is 15.9 Å². The highest BCUT2D eigenvalue weighted by Crippen LogP contribution is 2.34. The predicted molar refractivity (Wildman–Crippen MR) is 74.8 cm³/mol. The summed E-state index contributed by atoms with van der Waals surface area (Å²) in [5.74, 6) is 0.942. The van der Waals surface area contributed by atoms with Gasteiger partial charge in [0.1, 0.15) is 5.75 Å². The Morgan fingerprint density at radius 1 is 1.42 bits per heavy atom. The number of fused-ring (bicyclic) bond motifs is 1. The van der Waals surface area contributed by atoms with Crippen molar-refractivity contribution in [3.8, 4) is 5.75 Å². The number of benzene rings is 1. The van der Waals surface area contributed by atoms with E-state index >= 15 is 0 Å². The van der Waals surface area contributed by atoms with Crippen LogP contribution in [0.2, 0.25) is 0 Å². The number of amides is 2. The number of carbonyl (C=O) groups is 2. The highest BCUT2D eigenvalue weighted by Gasteiger charge is 2.30. The van der Waals surface area contributed by atoms with Crippen molar-refractivity contribution in [1.82, 2.24) is 0 Å². The molecule has 0 aliphatic carbocycles. The molecule has 2 heterocycles. The molecule has 19 heavy (non-hydrogen) atoms. The second-order valence-corrected chi connectivity index (χ2v) is 5.39. The van der Waals surface area contributed by atoms with Crippen LogP contribution in [0.3, 0.4) is 0 Å². The van der Waals surface area contributed by atoms with Crippen LogP contribution in [0.5, 0.6) is 5.75 Å². The lowest BCUT2D eigenvalue weighted by Crippen LogP contribution is -2.27. The molecule has 1 saturated heterocycles. The molecule has 1 aromatic carbocycles. The van der Waals surface area contributed by atoms with Crippen LogP contribution in [0, 0.1) is 5.92 Å². The molecule has 2 aliphatic heterocycles. The first-order valence-corrected chi connectivity index (χ1v) is 7.22. The van der Waals surface area contributed by atoms with Gasteiger partial charge in [0.2, 0.25) is 5.91 Å². The number of rotatable bonds is 2. The average molecular weight is 325 g/mol. The van der Waals surface area contributed by atoms with Gasteiger partial charge >= 0.3 is 0 Å². The van der Waals surface area contributed by atoms with E-state index in [-0.39, 0.29) is 18.4 Å². The third-order valence-electron chi connectivity index (χ3n) is 3.33. The fraction of sp³-hybridized carbons (Fsp3) is 0.385. The topological polar surface area (TPSA) is 58.6 Å². The number of hydrogen-bond acceptors (Lipinski definition) is 3. The molecule has 0 bridgehead atoms. The molecule has 1 N–H and O–H groups in total. The summed E-state index contributed by atoms with van der Waals surface area (Å²) < 4.78 is 5.37. The second-order valence-electron chi connectivity index (χ2n) is 4.75. The number of anilines is 2. The second kappa shape index (κ2) is 4.85. The van der Waals surface area contributed by atoms with Gasteiger partial charge in [0.05, 0.1) is 5.69 Å². The van der Waals surface area contributed by atoms with Crippen LogP contribution < -0.4 is 15.0 Å². The van der Waals surface area contributed by atoms with Gasteiger partial charge in [-0.15, -0.1) is 0 Å². The number of ether oxygens (including phenoxy) is 1. The van der Waals surface area contributed by atoms with Crippen LogP contribution in [-0.4, -0.2) is 30.3 Å². The Balaban J connectivity index is 1.86. The molecule has 0 spiro atoms. The van der Waals surface area contributed by atoms with Crippen molar-refractivity contribution in [3.63, 3.8) is 0 Å². The fourth-order valence-electron chi connectivity index (χ4n) is 2.37. The summed E-state index contributed by atoms with van der Waals surface area (Å²) in [7, 11) is 0. The first kappa shape index (κ1) is 12.5. The third kappa shape index (κ3) is 2.32. The Bertz CT molecular complexity index is 547. The van der Waals surface area contributed by atoms with Gasteiger partial charge in [0.15, 0.2) is 6.61 Å². The molecule has 3 rings (SSSR count). The molecule has 1 fully saturated rings.